The maximum Gasteiger partial charge on any atom is 0.409 e. The molecule has 5 nitrogen and oxygen atoms in total. The van der Waals surface area contributed by atoms with E-state index in [4.69, 9.17) is 9.47 Å². The second-order valence-electron chi connectivity index (χ2n) is 6.29. The zero-order valence-electron chi connectivity index (χ0n) is 13.2. The number of nitrogens with zero attached hydrogens (tertiary/aromatic N) is 1. The van der Waals surface area contributed by atoms with Crippen LogP contribution in [0.2, 0.25) is 0 Å². The maximum atomic E-state index is 11.4. The van der Waals surface area contributed by atoms with Crippen LogP contribution < -0.4 is 5.32 Å². The molecule has 2 unspecified atom stereocenters. The summed E-state index contributed by atoms with van der Waals surface area (Å²) in [5, 5.41) is 3.61. The molecular weight excluding hydrogens is 280 g/mol. The molecule has 0 saturated carbocycles. The predicted molar refractivity (Wildman–Crippen MR) is 84.9 cm³/mol. The van der Waals surface area contributed by atoms with Gasteiger partial charge in [-0.2, -0.15) is 0 Å². The summed E-state index contributed by atoms with van der Waals surface area (Å²) in [7, 11) is 3.13. The highest BCUT2D eigenvalue weighted by Crippen LogP contribution is 2.33. The molecular formula is C17H24N2O3. The monoisotopic (exact) mass is 304 g/mol. The standard InChI is InChI=1S/C17H24N2O3/c1-19(17(20)21-2)11-12-3-5-13(6-4-12)18-14-9-15-7-8-16(10-14)22-15/h3-6,14-16,18H,7-11H2,1-2H3. The number of nitrogens with one attached hydrogen (secondary N) is 1. The highest BCUT2D eigenvalue weighted by molar-refractivity contribution is 5.67. The summed E-state index contributed by atoms with van der Waals surface area (Å²) in [6.07, 6.45) is 5.20. The molecule has 120 valence electrons. The van der Waals surface area contributed by atoms with Gasteiger partial charge in [-0.3, -0.25) is 0 Å². The molecule has 0 spiro atoms. The van der Waals surface area contributed by atoms with Crippen LogP contribution in [0.15, 0.2) is 24.3 Å². The molecule has 5 heteroatoms. The van der Waals surface area contributed by atoms with Crippen molar-refractivity contribution in [1.29, 1.82) is 0 Å². The number of anilines is 1. The number of carbonyl (C=O) groups is 1. The van der Waals surface area contributed by atoms with Gasteiger partial charge in [-0.1, -0.05) is 12.1 Å². The molecule has 1 aromatic rings. The second-order valence-corrected chi connectivity index (χ2v) is 6.29. The van der Waals surface area contributed by atoms with Gasteiger partial charge in [0.05, 0.1) is 19.3 Å². The van der Waals surface area contributed by atoms with Gasteiger partial charge in [-0.15, -0.1) is 0 Å². The molecule has 2 bridgehead atoms. The van der Waals surface area contributed by atoms with E-state index in [1.807, 2.05) is 0 Å². The minimum absolute atomic E-state index is 0.320. The van der Waals surface area contributed by atoms with Gasteiger partial charge in [0.15, 0.2) is 0 Å². The first-order valence-electron chi connectivity index (χ1n) is 7.94. The molecule has 0 aliphatic carbocycles. The van der Waals surface area contributed by atoms with Crippen molar-refractivity contribution < 1.29 is 14.3 Å². The molecule has 1 N–H and O–H groups in total. The Hall–Kier alpha value is -1.75. The summed E-state index contributed by atoms with van der Waals surface area (Å²) in [5.74, 6) is 0. The zero-order valence-corrected chi connectivity index (χ0v) is 13.2. The Morgan fingerprint density at radius 2 is 1.91 bits per heavy atom. The Kier molecular flexibility index (Phi) is 4.52. The fourth-order valence-corrected chi connectivity index (χ4v) is 3.41. The van der Waals surface area contributed by atoms with Gasteiger partial charge in [-0.05, 0) is 43.4 Å². The number of carbonyl (C=O) groups excluding carboxylic acids is 1. The van der Waals surface area contributed by atoms with Crippen LogP contribution in [0.1, 0.15) is 31.2 Å². The van der Waals surface area contributed by atoms with E-state index in [-0.39, 0.29) is 6.09 Å². The third-order valence-corrected chi connectivity index (χ3v) is 4.52. The summed E-state index contributed by atoms with van der Waals surface area (Å²) in [6.45, 7) is 0.550. The largest absolute Gasteiger partial charge is 0.453 e. The van der Waals surface area contributed by atoms with Crippen LogP contribution in [0.25, 0.3) is 0 Å². The summed E-state index contributed by atoms with van der Waals surface area (Å²) in [4.78, 5) is 12.9. The van der Waals surface area contributed by atoms with Crippen molar-refractivity contribution in [3.8, 4) is 0 Å². The van der Waals surface area contributed by atoms with Gasteiger partial charge in [0.25, 0.3) is 0 Å². The summed E-state index contributed by atoms with van der Waals surface area (Å²) in [6, 6.07) is 8.77. The Labute approximate surface area is 131 Å². The lowest BCUT2D eigenvalue weighted by Crippen LogP contribution is -2.33. The zero-order chi connectivity index (χ0) is 15.5. The Balaban J connectivity index is 1.54. The smallest absolute Gasteiger partial charge is 0.409 e. The predicted octanol–water partition coefficient (Wildman–Crippen LogP) is 3.01. The molecule has 22 heavy (non-hydrogen) atoms. The lowest BCUT2D eigenvalue weighted by Gasteiger charge is -2.29. The van der Waals surface area contributed by atoms with Crippen molar-refractivity contribution in [2.75, 3.05) is 19.5 Å². The van der Waals surface area contributed by atoms with E-state index in [1.54, 1.807) is 11.9 Å². The molecule has 2 saturated heterocycles. The number of hydrogen-bond acceptors (Lipinski definition) is 4. The molecule has 2 atom stereocenters. The van der Waals surface area contributed by atoms with Crippen molar-refractivity contribution in [3.63, 3.8) is 0 Å². The lowest BCUT2D eigenvalue weighted by molar-refractivity contribution is 0.000704. The van der Waals surface area contributed by atoms with Crippen LogP contribution in [-0.2, 0) is 16.0 Å². The van der Waals surface area contributed by atoms with Crippen LogP contribution in [0.5, 0.6) is 0 Å². The SMILES string of the molecule is COC(=O)N(C)Cc1ccc(NC2CC3CCC(C2)O3)cc1. The third kappa shape index (κ3) is 3.53. The quantitative estimate of drug-likeness (QED) is 0.929. The van der Waals surface area contributed by atoms with Crippen molar-refractivity contribution in [2.45, 2.75) is 50.5 Å². The number of benzene rings is 1. The number of rotatable bonds is 4. The highest BCUT2D eigenvalue weighted by Gasteiger charge is 2.34. The van der Waals surface area contributed by atoms with E-state index in [0.717, 1.165) is 24.1 Å². The summed E-state index contributed by atoms with van der Waals surface area (Å²) >= 11 is 0. The third-order valence-electron chi connectivity index (χ3n) is 4.52. The number of ether oxygens (including phenoxy) is 2. The van der Waals surface area contributed by atoms with E-state index in [0.29, 0.717) is 24.8 Å². The Morgan fingerprint density at radius 3 is 2.50 bits per heavy atom. The van der Waals surface area contributed by atoms with Crippen LogP contribution in [0.4, 0.5) is 10.5 Å². The van der Waals surface area contributed by atoms with Gasteiger partial charge in [0.2, 0.25) is 0 Å². The van der Waals surface area contributed by atoms with Crippen molar-refractivity contribution in [2.24, 2.45) is 0 Å². The lowest BCUT2D eigenvalue weighted by atomic mass is 10.0. The Bertz CT molecular complexity index is 505. The molecule has 2 heterocycles. The maximum absolute atomic E-state index is 11.4. The Morgan fingerprint density at radius 1 is 1.27 bits per heavy atom. The van der Waals surface area contributed by atoms with Gasteiger partial charge in [-0.25, -0.2) is 4.79 Å². The molecule has 2 fully saturated rings. The molecule has 1 aromatic carbocycles. The summed E-state index contributed by atoms with van der Waals surface area (Å²) in [5.41, 5.74) is 2.22. The second kappa shape index (κ2) is 6.57. The average Bonchev–Trinajstić information content (AvgIpc) is 2.87. The van der Waals surface area contributed by atoms with E-state index >= 15 is 0 Å². The minimum atomic E-state index is -0.320. The van der Waals surface area contributed by atoms with Gasteiger partial charge >= 0.3 is 6.09 Å². The number of methoxy groups -OCH3 is 1. The van der Waals surface area contributed by atoms with Crippen LogP contribution >= 0.6 is 0 Å². The minimum Gasteiger partial charge on any atom is -0.453 e. The van der Waals surface area contributed by atoms with Crippen molar-refractivity contribution in [1.82, 2.24) is 4.90 Å². The van der Waals surface area contributed by atoms with E-state index < -0.39 is 0 Å². The fraction of sp³-hybridized carbons (Fsp3) is 0.588. The number of amides is 1. The first-order valence-corrected chi connectivity index (χ1v) is 7.94. The molecule has 0 aromatic heterocycles. The van der Waals surface area contributed by atoms with E-state index in [1.165, 1.54) is 20.0 Å². The highest BCUT2D eigenvalue weighted by atomic mass is 16.5. The number of hydrogen-bond donors (Lipinski definition) is 1. The fourth-order valence-electron chi connectivity index (χ4n) is 3.41. The van der Waals surface area contributed by atoms with Crippen LogP contribution in [-0.4, -0.2) is 43.4 Å². The molecule has 1 amide bonds. The molecule has 2 aliphatic heterocycles. The van der Waals surface area contributed by atoms with Gasteiger partial charge < -0.3 is 19.7 Å². The van der Waals surface area contributed by atoms with E-state index in [2.05, 4.69) is 29.6 Å². The molecule has 0 radical (unpaired) electrons. The van der Waals surface area contributed by atoms with Crippen LogP contribution in [0.3, 0.4) is 0 Å². The molecule has 3 rings (SSSR count). The molecule has 2 aliphatic rings. The van der Waals surface area contributed by atoms with Crippen molar-refractivity contribution in [3.05, 3.63) is 29.8 Å². The average molecular weight is 304 g/mol. The normalized spacial score (nSPS) is 26.5. The van der Waals surface area contributed by atoms with E-state index in [9.17, 15) is 4.79 Å². The first-order chi connectivity index (χ1) is 10.6. The van der Waals surface area contributed by atoms with Crippen LogP contribution in [0, 0.1) is 0 Å². The van der Waals surface area contributed by atoms with Gasteiger partial charge in [0.1, 0.15) is 0 Å². The topological polar surface area (TPSA) is 50.8 Å². The first kappa shape index (κ1) is 15.2. The summed E-state index contributed by atoms with van der Waals surface area (Å²) < 4.78 is 10.6. The van der Waals surface area contributed by atoms with Crippen molar-refractivity contribution >= 4 is 11.8 Å². The van der Waals surface area contributed by atoms with Gasteiger partial charge in [0, 0.05) is 25.3 Å². The number of fused-ring (bicyclic) bond motifs is 2.